The predicted octanol–water partition coefficient (Wildman–Crippen LogP) is 5.42. The molecule has 1 aromatic rings. The summed E-state index contributed by atoms with van der Waals surface area (Å²) >= 11 is 0. The van der Waals surface area contributed by atoms with Crippen molar-refractivity contribution < 1.29 is 33.4 Å². The van der Waals surface area contributed by atoms with Gasteiger partial charge in [-0.1, -0.05) is 71.4 Å². The first-order valence-electron chi connectivity index (χ1n) is 20.8. The summed E-state index contributed by atoms with van der Waals surface area (Å²) < 4.78 is 12.1. The van der Waals surface area contributed by atoms with Gasteiger partial charge in [-0.15, -0.1) is 0 Å². The highest BCUT2D eigenvalue weighted by atomic mass is 16.5. The Bertz CT molecular complexity index is 1560. The third-order valence-corrected chi connectivity index (χ3v) is 12.4. The Morgan fingerprint density at radius 2 is 1.68 bits per heavy atom. The highest BCUT2D eigenvalue weighted by Gasteiger charge is 2.43. The molecule has 1 aromatic carbocycles. The summed E-state index contributed by atoms with van der Waals surface area (Å²) in [4.78, 5) is 72.9. The molecule has 0 spiro atoms. The number of azo groups is 1. The number of hydrogen-bond donors (Lipinski definition) is 2. The van der Waals surface area contributed by atoms with Crippen LogP contribution in [-0.4, -0.2) is 117 Å². The molecule has 3 amide bonds. The Morgan fingerprint density at radius 3 is 2.25 bits per heavy atom. The molecule has 1 saturated heterocycles. The van der Waals surface area contributed by atoms with Gasteiger partial charge < -0.3 is 29.9 Å². The third-order valence-electron chi connectivity index (χ3n) is 12.4. The SMILES string of the molecule is CCC(C)C(C(CC(=O)N1CCCC1C(OC)C(C)C(=O)CC(Cc1ccccc1)C(=O)NCC1=CCN=N1)OC)N(C)C(=O)C(CC(=O)C(C)(C)NC)C(C)C. The molecule has 318 valence electrons. The van der Waals surface area contributed by atoms with E-state index in [2.05, 4.69) is 34.7 Å². The van der Waals surface area contributed by atoms with Crippen LogP contribution in [0.25, 0.3) is 0 Å². The molecule has 2 heterocycles. The predicted molar refractivity (Wildman–Crippen MR) is 221 cm³/mol. The zero-order valence-corrected chi connectivity index (χ0v) is 36.4. The van der Waals surface area contributed by atoms with Crippen LogP contribution in [0.5, 0.6) is 0 Å². The lowest BCUT2D eigenvalue weighted by Crippen LogP contribution is -2.54. The maximum Gasteiger partial charge on any atom is 0.226 e. The number of benzene rings is 1. The summed E-state index contributed by atoms with van der Waals surface area (Å²) in [5.74, 6) is -2.48. The standard InChI is InChI=1S/C44H70N6O7/c1-12-29(4)40(49(9)43(55)34(28(2)3)25-38(52)44(6,7)45-8)37(56-10)26-39(53)50-22-16-19-35(50)41(57-11)30(5)36(51)24-32(23-31-17-14-13-15-18-31)42(54)46-27-33-20-21-47-48-33/h13-15,17-18,20,28-30,32,34-35,37,40-41,45H,12,16,19,21-27H2,1-11H3,(H,46,54). The summed E-state index contributed by atoms with van der Waals surface area (Å²) in [6.07, 6.45) is 3.37. The van der Waals surface area contributed by atoms with E-state index in [1.165, 1.54) is 0 Å². The summed E-state index contributed by atoms with van der Waals surface area (Å²) in [5.41, 5.74) is 0.879. The van der Waals surface area contributed by atoms with Crippen molar-refractivity contribution in [3.63, 3.8) is 0 Å². The molecule has 13 heteroatoms. The first kappa shape index (κ1) is 47.6. The number of carbonyl (C=O) groups is 5. The average molecular weight is 795 g/mol. The number of ether oxygens (including phenoxy) is 2. The Hall–Kier alpha value is -3.81. The van der Waals surface area contributed by atoms with Gasteiger partial charge in [0.15, 0.2) is 5.78 Å². The molecule has 8 unspecified atom stereocenters. The van der Waals surface area contributed by atoms with E-state index >= 15 is 0 Å². The van der Waals surface area contributed by atoms with Gasteiger partial charge in [-0.25, -0.2) is 0 Å². The maximum atomic E-state index is 14.3. The van der Waals surface area contributed by atoms with E-state index in [1.807, 2.05) is 75.9 Å². The molecule has 0 saturated carbocycles. The second kappa shape index (κ2) is 22.4. The molecule has 0 aliphatic carbocycles. The minimum Gasteiger partial charge on any atom is -0.379 e. The lowest BCUT2D eigenvalue weighted by molar-refractivity contribution is -0.149. The molecule has 57 heavy (non-hydrogen) atoms. The fourth-order valence-corrected chi connectivity index (χ4v) is 8.14. The van der Waals surface area contributed by atoms with Crippen LogP contribution in [0.4, 0.5) is 0 Å². The molecule has 8 atom stereocenters. The zero-order chi connectivity index (χ0) is 42.4. The van der Waals surface area contributed by atoms with Crippen LogP contribution < -0.4 is 10.6 Å². The summed E-state index contributed by atoms with van der Waals surface area (Å²) in [6, 6.07) is 8.86. The van der Waals surface area contributed by atoms with Crippen molar-refractivity contribution in [1.29, 1.82) is 0 Å². The van der Waals surface area contributed by atoms with Crippen LogP contribution in [0.2, 0.25) is 0 Å². The van der Waals surface area contributed by atoms with Gasteiger partial charge in [0.25, 0.3) is 0 Å². The Labute approximate surface area is 341 Å². The minimum atomic E-state index is -0.767. The van der Waals surface area contributed by atoms with Crippen molar-refractivity contribution in [3.05, 3.63) is 47.7 Å². The van der Waals surface area contributed by atoms with Crippen LogP contribution in [0, 0.1) is 29.6 Å². The summed E-state index contributed by atoms with van der Waals surface area (Å²) in [6.45, 7) is 14.7. The van der Waals surface area contributed by atoms with Crippen molar-refractivity contribution in [3.8, 4) is 0 Å². The molecule has 3 rings (SSSR count). The third kappa shape index (κ3) is 12.8. The number of nitrogens with zero attached hydrogens (tertiary/aromatic N) is 4. The van der Waals surface area contributed by atoms with Crippen LogP contribution in [0.3, 0.4) is 0 Å². The average Bonchev–Trinajstić information content (AvgIpc) is 3.91. The molecule has 0 bridgehead atoms. The van der Waals surface area contributed by atoms with E-state index in [4.69, 9.17) is 9.47 Å². The number of amides is 3. The molecule has 1 fully saturated rings. The second-order valence-corrected chi connectivity index (χ2v) is 16.8. The normalized spacial score (nSPS) is 19.3. The number of Topliss-reactive ketones (excluding diaryl/α,β-unsaturated/α-hetero) is 2. The fraction of sp³-hybridized carbons (Fsp3) is 0.705. The molecule has 2 aliphatic rings. The lowest BCUT2D eigenvalue weighted by atomic mass is 9.83. The van der Waals surface area contributed by atoms with Crippen molar-refractivity contribution >= 4 is 29.3 Å². The van der Waals surface area contributed by atoms with Crippen molar-refractivity contribution in [2.45, 2.75) is 123 Å². The van der Waals surface area contributed by atoms with Gasteiger partial charge in [0.05, 0.1) is 55.0 Å². The van der Waals surface area contributed by atoms with Crippen molar-refractivity contribution in [2.75, 3.05) is 47.9 Å². The number of carbonyl (C=O) groups excluding carboxylic acids is 5. The van der Waals surface area contributed by atoms with Crippen LogP contribution >= 0.6 is 0 Å². The quantitative estimate of drug-likeness (QED) is 0.141. The van der Waals surface area contributed by atoms with Gasteiger partial charge in [0.2, 0.25) is 17.7 Å². The molecule has 13 nitrogen and oxygen atoms in total. The molecular formula is C44H70N6O7. The van der Waals surface area contributed by atoms with Crippen molar-refractivity contribution in [1.82, 2.24) is 20.4 Å². The highest BCUT2D eigenvalue weighted by Crippen LogP contribution is 2.32. The Morgan fingerprint density at radius 1 is 1.00 bits per heavy atom. The van der Waals surface area contributed by atoms with E-state index in [-0.39, 0.29) is 73.0 Å². The highest BCUT2D eigenvalue weighted by molar-refractivity contribution is 5.92. The number of hydrogen-bond acceptors (Lipinski definition) is 10. The molecule has 2 N–H and O–H groups in total. The lowest BCUT2D eigenvalue weighted by Gasteiger charge is -2.41. The first-order valence-corrected chi connectivity index (χ1v) is 20.8. The van der Waals surface area contributed by atoms with Gasteiger partial charge in [0.1, 0.15) is 5.78 Å². The van der Waals surface area contributed by atoms with Crippen LogP contribution in [-0.2, 0) is 39.9 Å². The second-order valence-electron chi connectivity index (χ2n) is 16.8. The number of methoxy groups -OCH3 is 2. The monoisotopic (exact) mass is 795 g/mol. The van der Waals surface area contributed by atoms with Gasteiger partial charge in [-0.2, -0.15) is 10.2 Å². The topological polar surface area (TPSA) is 159 Å². The van der Waals surface area contributed by atoms with E-state index in [0.717, 1.165) is 18.4 Å². The number of ketones is 2. The van der Waals surface area contributed by atoms with Crippen LogP contribution in [0.15, 0.2) is 52.3 Å². The van der Waals surface area contributed by atoms with E-state index in [9.17, 15) is 24.0 Å². The van der Waals surface area contributed by atoms with Gasteiger partial charge in [-0.3, -0.25) is 24.0 Å². The number of rotatable bonds is 24. The van der Waals surface area contributed by atoms with Crippen LogP contribution in [0.1, 0.15) is 92.6 Å². The minimum absolute atomic E-state index is 0.00646. The van der Waals surface area contributed by atoms with Gasteiger partial charge in [0, 0.05) is 58.4 Å². The maximum absolute atomic E-state index is 14.3. The van der Waals surface area contributed by atoms with E-state index in [1.54, 1.807) is 33.2 Å². The Kier molecular flexibility index (Phi) is 18.7. The number of likely N-dealkylation sites (tertiary alicyclic amines) is 1. The van der Waals surface area contributed by atoms with Crippen molar-refractivity contribution in [2.24, 2.45) is 39.8 Å². The molecule has 0 radical (unpaired) electrons. The molecular weight excluding hydrogens is 725 g/mol. The number of likely N-dealkylation sites (N-methyl/N-ethyl adjacent to an activating group) is 2. The van der Waals surface area contributed by atoms with E-state index < -0.39 is 41.5 Å². The Balaban J connectivity index is 1.78. The summed E-state index contributed by atoms with van der Waals surface area (Å²) in [7, 11) is 6.64. The molecule has 0 aromatic heterocycles. The number of nitrogens with one attached hydrogen (secondary N) is 2. The fourth-order valence-electron chi connectivity index (χ4n) is 8.14. The molecule has 2 aliphatic heterocycles. The van der Waals surface area contributed by atoms with E-state index in [0.29, 0.717) is 31.6 Å². The zero-order valence-electron chi connectivity index (χ0n) is 36.4. The largest absolute Gasteiger partial charge is 0.379 e. The van der Waals surface area contributed by atoms with Gasteiger partial charge in [-0.05, 0) is 63.6 Å². The first-order chi connectivity index (χ1) is 27.0. The van der Waals surface area contributed by atoms with Gasteiger partial charge >= 0.3 is 0 Å². The summed E-state index contributed by atoms with van der Waals surface area (Å²) in [5, 5.41) is 14.0. The smallest absolute Gasteiger partial charge is 0.226 e.